The number of carbonyl (C=O) groups excluding carboxylic acids is 1. The SMILES string of the molecule is O=C(O)COc1c(C(=O)O)sc(-c2ccc(NC(=O)COCc3ccccc3)cc2)c1Br. The van der Waals surface area contributed by atoms with E-state index in [0.717, 1.165) is 16.9 Å². The average Bonchev–Trinajstić information content (AvgIpc) is 3.10. The Bertz CT molecular complexity index is 1110. The van der Waals surface area contributed by atoms with Crippen LogP contribution in [0.4, 0.5) is 5.69 Å². The van der Waals surface area contributed by atoms with E-state index in [1.807, 2.05) is 30.3 Å². The van der Waals surface area contributed by atoms with E-state index in [-0.39, 0.29) is 23.1 Å². The van der Waals surface area contributed by atoms with E-state index in [1.165, 1.54) is 0 Å². The molecule has 0 atom stereocenters. The fourth-order valence-electron chi connectivity index (χ4n) is 2.72. The first-order valence-electron chi connectivity index (χ1n) is 9.27. The molecular weight excluding hydrogens is 502 g/mol. The molecule has 10 heteroatoms. The number of carboxylic acids is 2. The molecule has 1 heterocycles. The highest BCUT2D eigenvalue weighted by molar-refractivity contribution is 9.10. The molecule has 32 heavy (non-hydrogen) atoms. The minimum atomic E-state index is -1.22. The number of carbonyl (C=O) groups is 3. The fraction of sp³-hybridized carbons (Fsp3) is 0.136. The number of aliphatic carboxylic acids is 1. The molecule has 3 rings (SSSR count). The molecule has 0 bridgehead atoms. The van der Waals surface area contributed by atoms with Gasteiger partial charge in [-0.05, 0) is 39.2 Å². The number of benzene rings is 2. The Balaban J connectivity index is 1.64. The first-order chi connectivity index (χ1) is 15.3. The number of nitrogens with one attached hydrogen (secondary N) is 1. The highest BCUT2D eigenvalue weighted by atomic mass is 79.9. The average molecular weight is 520 g/mol. The largest absolute Gasteiger partial charge is 0.479 e. The van der Waals surface area contributed by atoms with Crippen molar-refractivity contribution in [2.75, 3.05) is 18.5 Å². The Kier molecular flexibility index (Phi) is 7.98. The Labute approximate surface area is 195 Å². The van der Waals surface area contributed by atoms with Crippen LogP contribution in [0.2, 0.25) is 0 Å². The summed E-state index contributed by atoms with van der Waals surface area (Å²) in [7, 11) is 0. The minimum absolute atomic E-state index is 0.0344. The van der Waals surface area contributed by atoms with Gasteiger partial charge in [0.2, 0.25) is 5.91 Å². The van der Waals surface area contributed by atoms with Crippen molar-refractivity contribution in [3.63, 3.8) is 0 Å². The number of halogens is 1. The van der Waals surface area contributed by atoms with Gasteiger partial charge in [0.25, 0.3) is 0 Å². The molecule has 0 radical (unpaired) electrons. The third-order valence-electron chi connectivity index (χ3n) is 4.12. The third-order valence-corrected chi connectivity index (χ3v) is 6.35. The summed E-state index contributed by atoms with van der Waals surface area (Å²) >= 11 is 4.26. The van der Waals surface area contributed by atoms with E-state index in [1.54, 1.807) is 24.3 Å². The zero-order valence-corrected chi connectivity index (χ0v) is 18.9. The fourth-order valence-corrected chi connectivity index (χ4v) is 4.62. The van der Waals surface area contributed by atoms with Crippen molar-refractivity contribution in [3.8, 4) is 16.2 Å². The van der Waals surface area contributed by atoms with Crippen LogP contribution in [0.25, 0.3) is 10.4 Å². The summed E-state index contributed by atoms with van der Waals surface area (Å²) in [5, 5.41) is 20.9. The number of ether oxygens (including phenoxy) is 2. The third kappa shape index (κ3) is 6.16. The monoisotopic (exact) mass is 519 g/mol. The maximum Gasteiger partial charge on any atom is 0.349 e. The molecule has 3 aromatic rings. The van der Waals surface area contributed by atoms with Crippen LogP contribution < -0.4 is 10.1 Å². The van der Waals surface area contributed by atoms with E-state index >= 15 is 0 Å². The van der Waals surface area contributed by atoms with E-state index in [9.17, 15) is 19.5 Å². The van der Waals surface area contributed by atoms with Gasteiger partial charge in [-0.1, -0.05) is 42.5 Å². The van der Waals surface area contributed by atoms with Crippen molar-refractivity contribution in [2.24, 2.45) is 0 Å². The first kappa shape index (κ1) is 23.5. The van der Waals surface area contributed by atoms with Crippen LogP contribution >= 0.6 is 27.3 Å². The number of amides is 1. The Morgan fingerprint density at radius 2 is 1.66 bits per heavy atom. The molecule has 8 nitrogen and oxygen atoms in total. The Morgan fingerprint density at radius 3 is 2.28 bits per heavy atom. The van der Waals surface area contributed by atoms with Crippen molar-refractivity contribution < 1.29 is 34.1 Å². The zero-order valence-electron chi connectivity index (χ0n) is 16.5. The molecule has 3 N–H and O–H groups in total. The maximum absolute atomic E-state index is 12.1. The molecule has 0 aliphatic carbocycles. The lowest BCUT2D eigenvalue weighted by atomic mass is 10.1. The van der Waals surface area contributed by atoms with Gasteiger partial charge in [-0.15, -0.1) is 11.3 Å². The van der Waals surface area contributed by atoms with E-state index < -0.39 is 18.5 Å². The van der Waals surface area contributed by atoms with Crippen molar-refractivity contribution in [2.45, 2.75) is 6.61 Å². The lowest BCUT2D eigenvalue weighted by Crippen LogP contribution is -2.18. The molecule has 0 spiro atoms. The summed E-state index contributed by atoms with van der Waals surface area (Å²) in [5.74, 6) is -2.77. The molecule has 0 saturated heterocycles. The molecule has 166 valence electrons. The summed E-state index contributed by atoms with van der Waals surface area (Å²) in [6, 6.07) is 16.3. The standard InChI is InChI=1S/C22H18BrNO7S/c23-18-19(31-12-17(26)27)21(22(28)29)32-20(18)14-6-8-15(9-7-14)24-16(25)11-30-10-13-4-2-1-3-5-13/h1-9H,10-12H2,(H,24,25)(H,26,27)(H,28,29). The van der Waals surface area contributed by atoms with Gasteiger partial charge >= 0.3 is 11.9 Å². The van der Waals surface area contributed by atoms with E-state index in [4.69, 9.17) is 14.6 Å². The van der Waals surface area contributed by atoms with Crippen molar-refractivity contribution in [3.05, 3.63) is 69.5 Å². The van der Waals surface area contributed by atoms with Crippen LogP contribution in [0.3, 0.4) is 0 Å². The summed E-state index contributed by atoms with van der Waals surface area (Å²) in [4.78, 5) is 34.8. The Hall–Kier alpha value is -3.21. The van der Waals surface area contributed by atoms with Crippen LogP contribution in [-0.2, 0) is 20.9 Å². The number of carboxylic acid groups (broad SMARTS) is 2. The summed E-state index contributed by atoms with van der Waals surface area (Å²) < 4.78 is 10.9. The molecule has 0 fully saturated rings. The van der Waals surface area contributed by atoms with Gasteiger partial charge < -0.3 is 25.0 Å². The van der Waals surface area contributed by atoms with Crippen molar-refractivity contribution in [1.29, 1.82) is 0 Å². The van der Waals surface area contributed by atoms with Crippen LogP contribution in [0.5, 0.6) is 5.75 Å². The van der Waals surface area contributed by atoms with Gasteiger partial charge in [0.1, 0.15) is 6.61 Å². The first-order valence-corrected chi connectivity index (χ1v) is 10.9. The van der Waals surface area contributed by atoms with Crippen molar-refractivity contribution >= 4 is 50.8 Å². The molecule has 1 aromatic heterocycles. The molecule has 0 aliphatic rings. The summed E-state index contributed by atoms with van der Waals surface area (Å²) in [6.45, 7) is -0.427. The summed E-state index contributed by atoms with van der Waals surface area (Å²) in [5.41, 5.74) is 2.20. The van der Waals surface area contributed by atoms with Gasteiger partial charge in [-0.25, -0.2) is 9.59 Å². The number of hydrogen-bond donors (Lipinski definition) is 3. The predicted molar refractivity (Wildman–Crippen MR) is 122 cm³/mol. The van der Waals surface area contributed by atoms with Gasteiger partial charge in [-0.2, -0.15) is 0 Å². The van der Waals surface area contributed by atoms with Crippen LogP contribution in [0.1, 0.15) is 15.2 Å². The highest BCUT2D eigenvalue weighted by Crippen LogP contribution is 2.45. The predicted octanol–water partition coefficient (Wildman–Crippen LogP) is 4.49. The van der Waals surface area contributed by atoms with E-state index in [2.05, 4.69) is 21.2 Å². The van der Waals surface area contributed by atoms with Crippen LogP contribution in [-0.4, -0.2) is 41.3 Å². The van der Waals surface area contributed by atoms with Gasteiger partial charge in [0, 0.05) is 5.69 Å². The van der Waals surface area contributed by atoms with Crippen molar-refractivity contribution in [1.82, 2.24) is 0 Å². The maximum atomic E-state index is 12.1. The topological polar surface area (TPSA) is 122 Å². The smallest absolute Gasteiger partial charge is 0.349 e. The van der Waals surface area contributed by atoms with E-state index in [0.29, 0.717) is 27.2 Å². The lowest BCUT2D eigenvalue weighted by molar-refractivity contribution is -0.139. The molecule has 1 amide bonds. The number of anilines is 1. The quantitative estimate of drug-likeness (QED) is 0.360. The Morgan fingerprint density at radius 1 is 0.969 bits per heavy atom. The molecular formula is C22H18BrNO7S. The zero-order chi connectivity index (χ0) is 23.1. The number of aromatic carboxylic acids is 1. The second-order valence-electron chi connectivity index (χ2n) is 6.49. The molecule has 0 saturated carbocycles. The molecule has 0 unspecified atom stereocenters. The minimum Gasteiger partial charge on any atom is -0.479 e. The molecule has 2 aromatic carbocycles. The number of hydrogen-bond acceptors (Lipinski definition) is 6. The second-order valence-corrected chi connectivity index (χ2v) is 8.31. The second kappa shape index (κ2) is 10.9. The van der Waals surface area contributed by atoms with Crippen LogP contribution in [0.15, 0.2) is 59.1 Å². The summed E-state index contributed by atoms with van der Waals surface area (Å²) in [6.07, 6.45) is 0. The van der Waals surface area contributed by atoms with Gasteiger partial charge in [0.05, 0.1) is 16.0 Å². The van der Waals surface area contributed by atoms with Gasteiger partial charge in [-0.3, -0.25) is 4.79 Å². The normalized spacial score (nSPS) is 10.5. The van der Waals surface area contributed by atoms with Crippen LogP contribution in [0, 0.1) is 0 Å². The van der Waals surface area contributed by atoms with Gasteiger partial charge in [0.15, 0.2) is 17.2 Å². The number of thiophene rings is 1. The molecule has 0 aliphatic heterocycles. The lowest BCUT2D eigenvalue weighted by Gasteiger charge is -2.08. The number of rotatable bonds is 10. The highest BCUT2D eigenvalue weighted by Gasteiger charge is 2.24.